The lowest BCUT2D eigenvalue weighted by Gasteiger charge is -2.17. The van der Waals surface area contributed by atoms with Crippen LogP contribution >= 0.6 is 11.8 Å². The first-order valence-corrected chi connectivity index (χ1v) is 10.9. The van der Waals surface area contributed by atoms with Crippen LogP contribution in [0.4, 0.5) is 0 Å². The summed E-state index contributed by atoms with van der Waals surface area (Å²) in [6.45, 7) is 0.481. The van der Waals surface area contributed by atoms with Gasteiger partial charge in [0.2, 0.25) is 5.91 Å². The van der Waals surface area contributed by atoms with Crippen molar-refractivity contribution in [1.82, 2.24) is 14.7 Å². The van der Waals surface area contributed by atoms with Crippen LogP contribution in [-0.4, -0.2) is 58.6 Å². The molecule has 1 aromatic heterocycles. The maximum absolute atomic E-state index is 12.3. The minimum atomic E-state index is -2.89. The summed E-state index contributed by atoms with van der Waals surface area (Å²) in [4.78, 5) is 13.9. The summed E-state index contributed by atoms with van der Waals surface area (Å²) in [6, 6.07) is 9.79. The molecule has 1 amide bonds. The molecule has 0 saturated carbocycles. The van der Waals surface area contributed by atoms with E-state index in [4.69, 9.17) is 0 Å². The first-order chi connectivity index (χ1) is 11.9. The lowest BCUT2D eigenvalue weighted by Crippen LogP contribution is -2.28. The summed E-state index contributed by atoms with van der Waals surface area (Å²) in [6.07, 6.45) is 4.32. The van der Waals surface area contributed by atoms with E-state index in [0.717, 1.165) is 11.3 Å². The number of amides is 1. The molecular weight excluding hydrogens is 358 g/mol. The molecule has 2 aromatic rings. The Bertz CT molecular complexity index is 834. The lowest BCUT2D eigenvalue weighted by molar-refractivity contribution is -0.127. The van der Waals surface area contributed by atoms with Gasteiger partial charge in [-0.1, -0.05) is 18.2 Å². The van der Waals surface area contributed by atoms with Gasteiger partial charge in [0.05, 0.1) is 29.1 Å². The van der Waals surface area contributed by atoms with Gasteiger partial charge in [0.25, 0.3) is 0 Å². The third kappa shape index (κ3) is 4.85. The summed E-state index contributed by atoms with van der Waals surface area (Å²) in [7, 11) is -1.13. The van der Waals surface area contributed by atoms with Gasteiger partial charge in [-0.05, 0) is 18.6 Å². The summed E-state index contributed by atoms with van der Waals surface area (Å²) < 4.78 is 24.7. The fourth-order valence-corrected chi connectivity index (χ4v) is 6.30. The Morgan fingerprint density at radius 3 is 2.80 bits per heavy atom. The fraction of sp³-hybridized carbons (Fsp3) is 0.412. The highest BCUT2D eigenvalue weighted by Gasteiger charge is 2.28. The van der Waals surface area contributed by atoms with Crippen molar-refractivity contribution in [3.63, 3.8) is 0 Å². The Morgan fingerprint density at radius 1 is 1.36 bits per heavy atom. The minimum absolute atomic E-state index is 0.00163. The molecule has 6 nitrogen and oxygen atoms in total. The maximum Gasteiger partial charge on any atom is 0.232 e. The molecule has 1 fully saturated rings. The van der Waals surface area contributed by atoms with E-state index in [1.807, 2.05) is 36.5 Å². The van der Waals surface area contributed by atoms with Crippen LogP contribution in [0.2, 0.25) is 0 Å². The second-order valence-corrected chi connectivity index (χ2v) is 9.73. The number of para-hydroxylation sites is 1. The number of carbonyl (C=O) groups excluding carboxylic acids is 1. The van der Waals surface area contributed by atoms with Crippen LogP contribution in [0.25, 0.3) is 5.69 Å². The number of sulfone groups is 1. The number of thioether (sulfide) groups is 1. The van der Waals surface area contributed by atoms with Crippen LogP contribution in [0.1, 0.15) is 12.0 Å². The van der Waals surface area contributed by atoms with Gasteiger partial charge in [-0.15, -0.1) is 11.8 Å². The van der Waals surface area contributed by atoms with Gasteiger partial charge in [-0.3, -0.25) is 4.79 Å². The molecule has 0 unspecified atom stereocenters. The van der Waals surface area contributed by atoms with Gasteiger partial charge in [0.1, 0.15) is 0 Å². The summed E-state index contributed by atoms with van der Waals surface area (Å²) in [5.41, 5.74) is 1.92. The van der Waals surface area contributed by atoms with Crippen LogP contribution in [0.15, 0.2) is 42.7 Å². The number of rotatable bonds is 6. The highest BCUT2D eigenvalue weighted by molar-refractivity contribution is 8.02. The smallest absolute Gasteiger partial charge is 0.232 e. The molecule has 25 heavy (non-hydrogen) atoms. The molecule has 1 aromatic carbocycles. The van der Waals surface area contributed by atoms with Crippen molar-refractivity contribution in [2.75, 3.05) is 24.3 Å². The van der Waals surface area contributed by atoms with E-state index in [1.54, 1.807) is 22.8 Å². The quantitative estimate of drug-likeness (QED) is 0.765. The van der Waals surface area contributed by atoms with Gasteiger partial charge in [-0.25, -0.2) is 13.1 Å². The lowest BCUT2D eigenvalue weighted by atomic mass is 10.3. The number of aromatic nitrogens is 2. The normalized spacial score (nSPS) is 19.0. The molecular formula is C17H21N3O3S2. The molecule has 0 radical (unpaired) electrons. The van der Waals surface area contributed by atoms with Gasteiger partial charge in [0, 0.05) is 30.6 Å². The predicted octanol–water partition coefficient (Wildman–Crippen LogP) is 1.75. The maximum atomic E-state index is 12.3. The second-order valence-electron chi connectivity index (χ2n) is 6.21. The SMILES string of the molecule is CN(Cc1cnn(-c2ccccc2)c1)C(=O)CS[C@@H]1CCS(=O)(=O)C1. The topological polar surface area (TPSA) is 72.3 Å². The van der Waals surface area contributed by atoms with Crippen molar-refractivity contribution in [3.8, 4) is 5.69 Å². The largest absolute Gasteiger partial charge is 0.341 e. The Balaban J connectivity index is 1.51. The zero-order valence-corrected chi connectivity index (χ0v) is 15.7. The average molecular weight is 380 g/mol. The van der Waals surface area contributed by atoms with Gasteiger partial charge in [-0.2, -0.15) is 5.10 Å². The first kappa shape index (κ1) is 18.0. The molecule has 134 valence electrons. The molecule has 2 heterocycles. The first-order valence-electron chi connectivity index (χ1n) is 8.08. The zero-order chi connectivity index (χ0) is 17.9. The third-order valence-electron chi connectivity index (χ3n) is 4.14. The van der Waals surface area contributed by atoms with E-state index < -0.39 is 9.84 Å². The highest BCUT2D eigenvalue weighted by atomic mass is 32.2. The van der Waals surface area contributed by atoms with Crippen LogP contribution < -0.4 is 0 Å². The second kappa shape index (κ2) is 7.61. The van der Waals surface area contributed by atoms with E-state index in [1.165, 1.54) is 11.8 Å². The monoisotopic (exact) mass is 379 g/mol. The molecule has 8 heteroatoms. The van der Waals surface area contributed by atoms with Crippen LogP contribution in [0, 0.1) is 0 Å². The van der Waals surface area contributed by atoms with E-state index in [9.17, 15) is 13.2 Å². The predicted molar refractivity (Wildman–Crippen MR) is 99.6 cm³/mol. The van der Waals surface area contributed by atoms with E-state index in [0.29, 0.717) is 18.7 Å². The van der Waals surface area contributed by atoms with Crippen molar-refractivity contribution in [1.29, 1.82) is 0 Å². The number of nitrogens with zero attached hydrogens (tertiary/aromatic N) is 3. The standard InChI is InChI=1S/C17H21N3O3S2/c1-19(17(21)12-24-16-7-8-25(22,23)13-16)10-14-9-18-20(11-14)15-5-3-2-4-6-15/h2-6,9,11,16H,7-8,10,12-13H2,1H3/t16-/m1/s1. The van der Waals surface area contributed by atoms with E-state index in [2.05, 4.69) is 5.10 Å². The number of hydrogen-bond donors (Lipinski definition) is 0. The Labute approximate surface area is 152 Å². The Morgan fingerprint density at radius 2 is 2.12 bits per heavy atom. The minimum Gasteiger partial charge on any atom is -0.341 e. The molecule has 1 aliphatic heterocycles. The van der Waals surface area contributed by atoms with Crippen molar-refractivity contribution < 1.29 is 13.2 Å². The van der Waals surface area contributed by atoms with Crippen LogP contribution in [0.3, 0.4) is 0 Å². The molecule has 0 N–H and O–H groups in total. The van der Waals surface area contributed by atoms with Crippen LogP contribution in [0.5, 0.6) is 0 Å². The Hall–Kier alpha value is -1.80. The molecule has 1 saturated heterocycles. The zero-order valence-electron chi connectivity index (χ0n) is 14.0. The molecule has 0 bridgehead atoms. The summed E-state index contributed by atoms with van der Waals surface area (Å²) >= 11 is 1.44. The Kier molecular flexibility index (Phi) is 5.48. The molecule has 1 atom stereocenters. The number of carbonyl (C=O) groups is 1. The van der Waals surface area contributed by atoms with Crippen molar-refractivity contribution in [2.24, 2.45) is 0 Å². The highest BCUT2D eigenvalue weighted by Crippen LogP contribution is 2.24. The molecule has 3 rings (SSSR count). The molecule has 0 spiro atoms. The number of benzene rings is 1. The third-order valence-corrected chi connectivity index (χ3v) is 7.40. The van der Waals surface area contributed by atoms with Gasteiger partial charge in [0.15, 0.2) is 9.84 Å². The van der Waals surface area contributed by atoms with Gasteiger partial charge >= 0.3 is 0 Å². The van der Waals surface area contributed by atoms with E-state index >= 15 is 0 Å². The molecule has 0 aliphatic carbocycles. The average Bonchev–Trinajstić information content (AvgIpc) is 3.19. The summed E-state index contributed by atoms with van der Waals surface area (Å²) in [5, 5.41) is 4.38. The van der Waals surface area contributed by atoms with Crippen LogP contribution in [-0.2, 0) is 21.2 Å². The number of hydrogen-bond acceptors (Lipinski definition) is 5. The van der Waals surface area contributed by atoms with Crippen molar-refractivity contribution >= 4 is 27.5 Å². The van der Waals surface area contributed by atoms with Gasteiger partial charge < -0.3 is 4.90 Å². The van der Waals surface area contributed by atoms with E-state index in [-0.39, 0.29) is 22.7 Å². The fourth-order valence-electron chi connectivity index (χ4n) is 2.72. The summed E-state index contributed by atoms with van der Waals surface area (Å²) in [5.74, 6) is 0.747. The molecule has 1 aliphatic rings. The van der Waals surface area contributed by atoms with Crippen molar-refractivity contribution in [2.45, 2.75) is 18.2 Å². The van der Waals surface area contributed by atoms with Crippen molar-refractivity contribution in [3.05, 3.63) is 48.3 Å².